The highest BCUT2D eigenvalue weighted by molar-refractivity contribution is 5.43. The van der Waals surface area contributed by atoms with E-state index in [0.29, 0.717) is 13.2 Å². The summed E-state index contributed by atoms with van der Waals surface area (Å²) in [7, 11) is 0. The number of aliphatic hydroxyl groups excluding tert-OH is 1. The summed E-state index contributed by atoms with van der Waals surface area (Å²) < 4.78 is 6.09. The largest absolute Gasteiger partial charge is 0.491 e. The number of hydrogen-bond donors (Lipinski definition) is 1. The number of benzene rings is 1. The van der Waals surface area contributed by atoms with Crippen molar-refractivity contribution in [1.29, 1.82) is 0 Å². The normalized spacial score (nSPS) is 18.5. The summed E-state index contributed by atoms with van der Waals surface area (Å²) in [6.07, 6.45) is -0.465. The molecule has 27 heavy (non-hydrogen) atoms. The molecule has 0 aromatic heterocycles. The van der Waals surface area contributed by atoms with Crippen LogP contribution in [0.4, 0.5) is 0 Å². The van der Waals surface area contributed by atoms with Crippen LogP contribution in [0.5, 0.6) is 5.75 Å². The summed E-state index contributed by atoms with van der Waals surface area (Å²) in [5.41, 5.74) is 2.63. The van der Waals surface area contributed by atoms with Crippen molar-refractivity contribution in [1.82, 2.24) is 9.80 Å². The van der Waals surface area contributed by atoms with Gasteiger partial charge >= 0.3 is 0 Å². The molecule has 0 spiro atoms. The monoisotopic (exact) mass is 376 g/mol. The number of aliphatic hydroxyl groups is 1. The highest BCUT2D eigenvalue weighted by atomic mass is 16.5. The SMILES string of the molecule is CCN1CCN(C[C@H](O)COc2ccc(C(C)(C)C)cc2C(C)(C)C)CC1. The lowest BCUT2D eigenvalue weighted by atomic mass is 9.80. The first-order chi connectivity index (χ1) is 12.5. The quantitative estimate of drug-likeness (QED) is 0.822. The third kappa shape index (κ3) is 6.48. The van der Waals surface area contributed by atoms with Gasteiger partial charge in [-0.05, 0) is 34.6 Å². The highest BCUT2D eigenvalue weighted by Gasteiger charge is 2.24. The average Bonchev–Trinajstić information content (AvgIpc) is 2.59. The average molecular weight is 377 g/mol. The molecule has 1 atom stereocenters. The third-order valence-electron chi connectivity index (χ3n) is 5.47. The van der Waals surface area contributed by atoms with Crippen LogP contribution in [0, 0.1) is 0 Å². The molecular formula is C23H40N2O2. The zero-order chi connectivity index (χ0) is 20.2. The number of β-amino-alcohol motifs (C(OH)–C–C–N with tert-alkyl or cyclic N) is 1. The summed E-state index contributed by atoms with van der Waals surface area (Å²) in [5.74, 6) is 0.894. The van der Waals surface area contributed by atoms with Gasteiger partial charge in [-0.2, -0.15) is 0 Å². The van der Waals surface area contributed by atoms with Crippen LogP contribution in [0.2, 0.25) is 0 Å². The number of hydrogen-bond acceptors (Lipinski definition) is 4. The molecule has 4 heteroatoms. The fraction of sp³-hybridized carbons (Fsp3) is 0.739. The number of piperazine rings is 1. The molecule has 4 nitrogen and oxygen atoms in total. The van der Waals surface area contributed by atoms with E-state index in [-0.39, 0.29) is 10.8 Å². The van der Waals surface area contributed by atoms with E-state index in [2.05, 4.69) is 76.5 Å². The summed E-state index contributed by atoms with van der Waals surface area (Å²) in [5, 5.41) is 10.5. The van der Waals surface area contributed by atoms with Crippen LogP contribution in [0.3, 0.4) is 0 Å². The fourth-order valence-electron chi connectivity index (χ4n) is 3.53. The van der Waals surface area contributed by atoms with Gasteiger partial charge in [0, 0.05) is 32.7 Å². The van der Waals surface area contributed by atoms with Gasteiger partial charge in [0.15, 0.2) is 0 Å². The molecule has 0 aliphatic carbocycles. The fourth-order valence-corrected chi connectivity index (χ4v) is 3.53. The zero-order valence-electron chi connectivity index (χ0n) is 18.5. The van der Waals surface area contributed by atoms with Crippen molar-refractivity contribution >= 4 is 0 Å². The van der Waals surface area contributed by atoms with Crippen LogP contribution in [-0.2, 0) is 10.8 Å². The second kappa shape index (κ2) is 8.93. The van der Waals surface area contributed by atoms with Gasteiger partial charge in [0.05, 0.1) is 0 Å². The second-order valence-electron chi connectivity index (χ2n) is 9.91. The predicted molar refractivity (Wildman–Crippen MR) is 114 cm³/mol. The van der Waals surface area contributed by atoms with Crippen molar-refractivity contribution < 1.29 is 9.84 Å². The highest BCUT2D eigenvalue weighted by Crippen LogP contribution is 2.35. The number of ether oxygens (including phenoxy) is 1. The molecule has 0 radical (unpaired) electrons. The molecule has 0 saturated carbocycles. The molecule has 1 heterocycles. The number of likely N-dealkylation sites (N-methyl/N-ethyl adjacent to an activating group) is 1. The van der Waals surface area contributed by atoms with E-state index >= 15 is 0 Å². The Balaban J connectivity index is 1.98. The standard InChI is InChI=1S/C23H40N2O2/c1-8-24-11-13-25(14-12-24)16-19(26)17-27-21-10-9-18(22(2,3)4)15-20(21)23(5,6)7/h9-10,15,19,26H,8,11-14,16-17H2,1-7H3/t19-/m0/s1. The minimum Gasteiger partial charge on any atom is -0.491 e. The van der Waals surface area contributed by atoms with E-state index in [0.717, 1.165) is 38.5 Å². The van der Waals surface area contributed by atoms with Crippen molar-refractivity contribution in [3.63, 3.8) is 0 Å². The molecule has 0 unspecified atom stereocenters. The van der Waals surface area contributed by atoms with E-state index < -0.39 is 6.10 Å². The molecule has 1 aliphatic rings. The maximum Gasteiger partial charge on any atom is 0.123 e. The van der Waals surface area contributed by atoms with Gasteiger partial charge in [0.2, 0.25) is 0 Å². The summed E-state index contributed by atoms with van der Waals surface area (Å²) >= 11 is 0. The molecule has 1 fully saturated rings. The maximum absolute atomic E-state index is 10.5. The Kier molecular flexibility index (Phi) is 7.34. The van der Waals surface area contributed by atoms with Crippen molar-refractivity contribution in [2.45, 2.75) is 65.4 Å². The molecular weight excluding hydrogens is 336 g/mol. The lowest BCUT2D eigenvalue weighted by Crippen LogP contribution is -2.49. The molecule has 0 bridgehead atoms. The molecule has 1 aliphatic heterocycles. The van der Waals surface area contributed by atoms with E-state index in [1.54, 1.807) is 0 Å². The van der Waals surface area contributed by atoms with Crippen LogP contribution in [0.15, 0.2) is 18.2 Å². The van der Waals surface area contributed by atoms with Gasteiger partial charge in [-0.15, -0.1) is 0 Å². The topological polar surface area (TPSA) is 35.9 Å². The molecule has 2 rings (SSSR count). The van der Waals surface area contributed by atoms with Crippen LogP contribution in [0.25, 0.3) is 0 Å². The van der Waals surface area contributed by atoms with Crippen LogP contribution in [0.1, 0.15) is 59.6 Å². The van der Waals surface area contributed by atoms with Gasteiger partial charge in [0.1, 0.15) is 18.5 Å². The Morgan fingerprint density at radius 3 is 2.07 bits per heavy atom. The summed E-state index contributed by atoms with van der Waals surface area (Å²) in [6.45, 7) is 21.9. The first-order valence-corrected chi connectivity index (χ1v) is 10.4. The van der Waals surface area contributed by atoms with E-state index in [9.17, 15) is 5.11 Å². The van der Waals surface area contributed by atoms with Crippen molar-refractivity contribution in [2.24, 2.45) is 0 Å². The minimum absolute atomic E-state index is 0.00196. The smallest absolute Gasteiger partial charge is 0.123 e. The molecule has 1 saturated heterocycles. The van der Waals surface area contributed by atoms with Gasteiger partial charge < -0.3 is 14.7 Å². The maximum atomic E-state index is 10.5. The van der Waals surface area contributed by atoms with Crippen molar-refractivity contribution in [3.8, 4) is 5.75 Å². The van der Waals surface area contributed by atoms with Gasteiger partial charge in [-0.3, -0.25) is 4.90 Å². The van der Waals surface area contributed by atoms with Crippen molar-refractivity contribution in [3.05, 3.63) is 29.3 Å². The minimum atomic E-state index is -0.465. The predicted octanol–water partition coefficient (Wildman–Crippen LogP) is 3.66. The van der Waals surface area contributed by atoms with Gasteiger partial charge in [-0.25, -0.2) is 0 Å². The van der Waals surface area contributed by atoms with E-state index in [1.165, 1.54) is 11.1 Å². The van der Waals surface area contributed by atoms with E-state index in [4.69, 9.17) is 4.74 Å². The lowest BCUT2D eigenvalue weighted by Gasteiger charge is -2.35. The molecule has 154 valence electrons. The zero-order valence-corrected chi connectivity index (χ0v) is 18.5. The van der Waals surface area contributed by atoms with E-state index in [1.807, 2.05) is 0 Å². The van der Waals surface area contributed by atoms with Crippen LogP contribution in [-0.4, -0.2) is 66.9 Å². The van der Waals surface area contributed by atoms with Gasteiger partial charge in [-0.1, -0.05) is 60.6 Å². The third-order valence-corrected chi connectivity index (χ3v) is 5.47. The molecule has 1 N–H and O–H groups in total. The first kappa shape index (κ1) is 22.2. The Labute approximate surface area is 166 Å². The Morgan fingerprint density at radius 2 is 1.56 bits per heavy atom. The van der Waals surface area contributed by atoms with Crippen LogP contribution >= 0.6 is 0 Å². The van der Waals surface area contributed by atoms with Gasteiger partial charge in [0.25, 0.3) is 0 Å². The molecule has 0 amide bonds. The number of rotatable bonds is 6. The molecule has 1 aromatic carbocycles. The summed E-state index contributed by atoms with van der Waals surface area (Å²) in [4.78, 5) is 4.79. The number of nitrogens with zero attached hydrogens (tertiary/aromatic N) is 2. The van der Waals surface area contributed by atoms with Crippen molar-refractivity contribution in [2.75, 3.05) is 45.9 Å². The lowest BCUT2D eigenvalue weighted by molar-refractivity contribution is 0.0466. The Morgan fingerprint density at radius 1 is 0.963 bits per heavy atom. The Hall–Kier alpha value is -1.10. The second-order valence-corrected chi connectivity index (χ2v) is 9.91. The first-order valence-electron chi connectivity index (χ1n) is 10.4. The Bertz CT molecular complexity index is 593. The molecule has 1 aromatic rings. The summed E-state index contributed by atoms with van der Waals surface area (Å²) in [6, 6.07) is 6.50. The van der Waals surface area contributed by atoms with Crippen LogP contribution < -0.4 is 4.74 Å².